The Balaban J connectivity index is 2.24. The van der Waals surface area contributed by atoms with Crippen LogP contribution in [0.3, 0.4) is 0 Å². The number of phenolic OH excluding ortho intramolecular Hbond substituents is 1. The van der Waals surface area contributed by atoms with E-state index in [0.29, 0.717) is 5.75 Å². The SMILES string of the molecule is COc1ccc(C(=O)N2CC(=O)NC(=O)C2)c(O)c1. The van der Waals surface area contributed by atoms with Crippen molar-refractivity contribution < 1.29 is 24.2 Å². The lowest BCUT2D eigenvalue weighted by molar-refractivity contribution is -0.135. The lowest BCUT2D eigenvalue weighted by Gasteiger charge is -2.25. The van der Waals surface area contributed by atoms with Crippen LogP contribution in [-0.4, -0.2) is 47.9 Å². The predicted molar refractivity (Wildman–Crippen MR) is 63.7 cm³/mol. The maximum absolute atomic E-state index is 12.1. The van der Waals surface area contributed by atoms with E-state index < -0.39 is 17.7 Å². The Kier molecular flexibility index (Phi) is 3.37. The Morgan fingerprint density at radius 2 is 1.95 bits per heavy atom. The Morgan fingerprint density at radius 3 is 2.47 bits per heavy atom. The highest BCUT2D eigenvalue weighted by atomic mass is 16.5. The molecular formula is C12H12N2O5. The van der Waals surface area contributed by atoms with E-state index in [4.69, 9.17) is 4.74 Å². The van der Waals surface area contributed by atoms with Crippen LogP contribution in [0, 0.1) is 0 Å². The fourth-order valence-corrected chi connectivity index (χ4v) is 1.77. The second-order valence-electron chi connectivity index (χ2n) is 4.02. The van der Waals surface area contributed by atoms with Crippen molar-refractivity contribution in [3.8, 4) is 11.5 Å². The van der Waals surface area contributed by atoms with Crippen LogP contribution >= 0.6 is 0 Å². The highest BCUT2D eigenvalue weighted by Gasteiger charge is 2.28. The molecular weight excluding hydrogens is 252 g/mol. The van der Waals surface area contributed by atoms with E-state index >= 15 is 0 Å². The van der Waals surface area contributed by atoms with Gasteiger partial charge in [-0.1, -0.05) is 0 Å². The second kappa shape index (κ2) is 4.97. The van der Waals surface area contributed by atoms with Gasteiger partial charge in [-0.3, -0.25) is 19.7 Å². The number of ether oxygens (including phenoxy) is 1. The Labute approximate surface area is 108 Å². The van der Waals surface area contributed by atoms with Crippen LogP contribution in [0.2, 0.25) is 0 Å². The van der Waals surface area contributed by atoms with E-state index in [1.807, 2.05) is 0 Å². The molecule has 2 rings (SSSR count). The zero-order valence-electron chi connectivity index (χ0n) is 10.2. The van der Waals surface area contributed by atoms with Crippen LogP contribution < -0.4 is 10.1 Å². The number of amides is 3. The number of rotatable bonds is 2. The van der Waals surface area contributed by atoms with Gasteiger partial charge in [-0.05, 0) is 12.1 Å². The molecule has 1 heterocycles. The molecule has 7 heteroatoms. The van der Waals surface area contributed by atoms with E-state index in [-0.39, 0.29) is 24.4 Å². The number of imide groups is 1. The molecule has 2 N–H and O–H groups in total. The van der Waals surface area contributed by atoms with Gasteiger partial charge < -0.3 is 14.7 Å². The van der Waals surface area contributed by atoms with Crippen LogP contribution in [0.4, 0.5) is 0 Å². The number of hydrogen-bond acceptors (Lipinski definition) is 5. The van der Waals surface area contributed by atoms with Crippen LogP contribution in [0.1, 0.15) is 10.4 Å². The number of aromatic hydroxyl groups is 1. The molecule has 0 radical (unpaired) electrons. The zero-order chi connectivity index (χ0) is 14.0. The largest absolute Gasteiger partial charge is 0.507 e. The Hall–Kier alpha value is -2.57. The van der Waals surface area contributed by atoms with Gasteiger partial charge in [0.05, 0.1) is 12.7 Å². The first-order valence-electron chi connectivity index (χ1n) is 5.50. The van der Waals surface area contributed by atoms with Crippen molar-refractivity contribution in [1.82, 2.24) is 10.2 Å². The molecule has 100 valence electrons. The average molecular weight is 264 g/mol. The van der Waals surface area contributed by atoms with E-state index in [9.17, 15) is 19.5 Å². The van der Waals surface area contributed by atoms with Crippen LogP contribution in [0.15, 0.2) is 18.2 Å². The topological polar surface area (TPSA) is 95.9 Å². The van der Waals surface area contributed by atoms with Crippen molar-refractivity contribution >= 4 is 17.7 Å². The van der Waals surface area contributed by atoms with Crippen molar-refractivity contribution in [3.05, 3.63) is 23.8 Å². The lowest BCUT2D eigenvalue weighted by atomic mass is 10.1. The summed E-state index contributed by atoms with van der Waals surface area (Å²) in [6, 6.07) is 4.19. The van der Waals surface area contributed by atoms with Crippen molar-refractivity contribution in [3.63, 3.8) is 0 Å². The normalized spacial score (nSPS) is 15.1. The van der Waals surface area contributed by atoms with E-state index in [2.05, 4.69) is 5.32 Å². The third kappa shape index (κ3) is 2.65. The molecule has 0 atom stereocenters. The number of benzene rings is 1. The molecule has 0 saturated carbocycles. The van der Waals surface area contributed by atoms with Crippen molar-refractivity contribution in [2.75, 3.05) is 20.2 Å². The third-order valence-corrected chi connectivity index (χ3v) is 2.67. The molecule has 1 saturated heterocycles. The van der Waals surface area contributed by atoms with Crippen LogP contribution in [0.25, 0.3) is 0 Å². The molecule has 0 spiro atoms. The minimum atomic E-state index is -0.580. The van der Waals surface area contributed by atoms with E-state index in [1.165, 1.54) is 25.3 Å². The maximum Gasteiger partial charge on any atom is 0.258 e. The summed E-state index contributed by atoms with van der Waals surface area (Å²) >= 11 is 0. The summed E-state index contributed by atoms with van der Waals surface area (Å²) in [5.74, 6) is -1.53. The number of piperazine rings is 1. The first-order chi connectivity index (χ1) is 9.01. The molecule has 0 aromatic heterocycles. The minimum Gasteiger partial charge on any atom is -0.507 e. The quantitative estimate of drug-likeness (QED) is 0.702. The molecule has 0 unspecified atom stereocenters. The van der Waals surface area contributed by atoms with Gasteiger partial charge in [0, 0.05) is 6.07 Å². The standard InChI is InChI=1S/C12H12N2O5/c1-19-7-2-3-8(9(15)4-7)12(18)14-5-10(16)13-11(17)6-14/h2-4,15H,5-6H2,1H3,(H,13,16,17). The first kappa shape index (κ1) is 12.9. The monoisotopic (exact) mass is 264 g/mol. The summed E-state index contributed by atoms with van der Waals surface area (Å²) in [6.45, 7) is -0.425. The molecule has 1 aliphatic rings. The smallest absolute Gasteiger partial charge is 0.258 e. The summed E-state index contributed by atoms with van der Waals surface area (Å²) in [5, 5.41) is 11.8. The number of carbonyl (C=O) groups is 3. The molecule has 0 bridgehead atoms. The van der Waals surface area contributed by atoms with Gasteiger partial charge >= 0.3 is 0 Å². The molecule has 7 nitrogen and oxygen atoms in total. The summed E-state index contributed by atoms with van der Waals surface area (Å²) < 4.78 is 4.91. The zero-order valence-corrected chi connectivity index (χ0v) is 10.2. The third-order valence-electron chi connectivity index (χ3n) is 2.67. The summed E-state index contributed by atoms with van der Waals surface area (Å²) in [7, 11) is 1.43. The van der Waals surface area contributed by atoms with Crippen molar-refractivity contribution in [2.45, 2.75) is 0 Å². The number of phenols is 1. The molecule has 3 amide bonds. The summed E-state index contributed by atoms with van der Waals surface area (Å²) in [5.41, 5.74) is 0.0169. The minimum absolute atomic E-state index is 0.0169. The maximum atomic E-state index is 12.1. The lowest BCUT2D eigenvalue weighted by Crippen LogP contribution is -2.53. The summed E-state index contributed by atoms with van der Waals surface area (Å²) in [4.78, 5) is 35.6. The average Bonchev–Trinajstić information content (AvgIpc) is 2.36. The molecule has 19 heavy (non-hydrogen) atoms. The van der Waals surface area contributed by atoms with Crippen molar-refractivity contribution in [1.29, 1.82) is 0 Å². The van der Waals surface area contributed by atoms with Gasteiger partial charge in [0.1, 0.15) is 24.6 Å². The molecule has 1 aromatic rings. The van der Waals surface area contributed by atoms with Gasteiger partial charge in [-0.15, -0.1) is 0 Å². The van der Waals surface area contributed by atoms with Crippen LogP contribution in [0.5, 0.6) is 11.5 Å². The van der Waals surface area contributed by atoms with Gasteiger partial charge in [0.2, 0.25) is 11.8 Å². The number of hydrogen-bond donors (Lipinski definition) is 2. The fourth-order valence-electron chi connectivity index (χ4n) is 1.77. The van der Waals surface area contributed by atoms with Gasteiger partial charge in [-0.2, -0.15) is 0 Å². The predicted octanol–water partition coefficient (Wildman–Crippen LogP) is -0.501. The van der Waals surface area contributed by atoms with Crippen LogP contribution in [-0.2, 0) is 9.59 Å². The molecule has 1 aliphatic heterocycles. The number of nitrogens with one attached hydrogen (secondary N) is 1. The molecule has 0 aliphatic carbocycles. The summed E-state index contributed by atoms with van der Waals surface area (Å²) in [6.07, 6.45) is 0. The van der Waals surface area contributed by atoms with E-state index in [1.54, 1.807) is 0 Å². The molecule has 1 fully saturated rings. The second-order valence-corrected chi connectivity index (χ2v) is 4.02. The molecule has 1 aromatic carbocycles. The Morgan fingerprint density at radius 1 is 1.32 bits per heavy atom. The number of methoxy groups -OCH3 is 1. The number of carbonyl (C=O) groups excluding carboxylic acids is 3. The first-order valence-corrected chi connectivity index (χ1v) is 5.50. The van der Waals surface area contributed by atoms with Gasteiger partial charge in [0.15, 0.2) is 0 Å². The highest BCUT2D eigenvalue weighted by Crippen LogP contribution is 2.24. The number of nitrogens with zero attached hydrogens (tertiary/aromatic N) is 1. The van der Waals surface area contributed by atoms with E-state index in [0.717, 1.165) is 4.90 Å². The fraction of sp³-hybridized carbons (Fsp3) is 0.250. The van der Waals surface area contributed by atoms with Gasteiger partial charge in [-0.25, -0.2) is 0 Å². The highest BCUT2D eigenvalue weighted by molar-refractivity contribution is 6.06. The van der Waals surface area contributed by atoms with Crippen molar-refractivity contribution in [2.24, 2.45) is 0 Å². The Bertz CT molecular complexity index is 539. The van der Waals surface area contributed by atoms with Gasteiger partial charge in [0.25, 0.3) is 5.91 Å².